The molecule has 7 nitrogen and oxygen atoms in total. The van der Waals surface area contributed by atoms with E-state index in [4.69, 9.17) is 21.1 Å². The molecule has 1 saturated heterocycles. The van der Waals surface area contributed by atoms with Gasteiger partial charge in [0.15, 0.2) is 9.84 Å². The third-order valence-corrected chi connectivity index (χ3v) is 5.66. The number of esters is 1. The summed E-state index contributed by atoms with van der Waals surface area (Å²) in [6.07, 6.45) is 0.868. The molecule has 0 spiro atoms. The van der Waals surface area contributed by atoms with Crippen LogP contribution in [0.1, 0.15) is 29.6 Å². The van der Waals surface area contributed by atoms with Gasteiger partial charge in [0.2, 0.25) is 0 Å². The monoisotopic (exact) mass is 389 g/mol. The average Bonchev–Trinajstić information content (AvgIpc) is 2.89. The van der Waals surface area contributed by atoms with Gasteiger partial charge in [-0.25, -0.2) is 18.0 Å². The van der Waals surface area contributed by atoms with Gasteiger partial charge in [-0.2, -0.15) is 0 Å². The minimum atomic E-state index is -3.03. The highest BCUT2D eigenvalue weighted by molar-refractivity contribution is 7.91. The number of halogens is 1. The fourth-order valence-corrected chi connectivity index (χ4v) is 4.12. The van der Waals surface area contributed by atoms with Crippen LogP contribution in [0.4, 0.5) is 4.79 Å². The largest absolute Gasteiger partial charge is 0.462 e. The normalized spacial score (nSPS) is 18.5. The third-order valence-electron chi connectivity index (χ3n) is 3.64. The lowest BCUT2D eigenvalue weighted by atomic mass is 10.2. The first-order chi connectivity index (χ1) is 11.9. The first-order valence-corrected chi connectivity index (χ1v) is 10.1. The first kappa shape index (κ1) is 19.5. The maximum absolute atomic E-state index is 11.7. The lowest BCUT2D eigenvalue weighted by Gasteiger charge is -2.11. The second-order valence-electron chi connectivity index (χ2n) is 5.73. The predicted molar refractivity (Wildman–Crippen MR) is 92.5 cm³/mol. The number of carbonyl (C=O) groups excluding carboxylic acids is 2. The van der Waals surface area contributed by atoms with Gasteiger partial charge in [-0.1, -0.05) is 11.6 Å². The maximum Gasteiger partial charge on any atom is 0.407 e. The molecule has 1 amide bonds. The van der Waals surface area contributed by atoms with Crippen molar-refractivity contribution in [2.45, 2.75) is 25.3 Å². The molecule has 1 aliphatic heterocycles. The summed E-state index contributed by atoms with van der Waals surface area (Å²) in [5.74, 6) is -0.377. The molecule has 0 aromatic heterocycles. The topological polar surface area (TPSA) is 98.8 Å². The van der Waals surface area contributed by atoms with E-state index in [0.717, 1.165) is 0 Å². The lowest BCUT2D eigenvalue weighted by Crippen LogP contribution is -2.36. The molecule has 1 N–H and O–H groups in total. The minimum absolute atomic E-state index is 0.0389. The van der Waals surface area contributed by atoms with Crippen LogP contribution in [-0.2, 0) is 19.3 Å². The molecule has 1 fully saturated rings. The van der Waals surface area contributed by atoms with Crippen LogP contribution in [0, 0.1) is 0 Å². The van der Waals surface area contributed by atoms with Gasteiger partial charge >= 0.3 is 12.1 Å². The highest BCUT2D eigenvalue weighted by atomic mass is 35.5. The number of nitrogens with one attached hydrogen (secondary N) is 1. The molecule has 1 aliphatic rings. The van der Waals surface area contributed by atoms with Gasteiger partial charge < -0.3 is 14.8 Å². The Kier molecular flexibility index (Phi) is 7.07. The van der Waals surface area contributed by atoms with E-state index in [1.807, 2.05) is 0 Å². The molecule has 1 unspecified atom stereocenters. The molecule has 0 radical (unpaired) electrons. The summed E-state index contributed by atoms with van der Waals surface area (Å²) in [7, 11) is -3.03. The molecule has 1 aromatic carbocycles. The van der Waals surface area contributed by atoms with E-state index in [1.54, 1.807) is 24.3 Å². The second kappa shape index (κ2) is 9.05. The summed E-state index contributed by atoms with van der Waals surface area (Å²) in [6.45, 7) is 0.386. The number of sulfone groups is 1. The van der Waals surface area contributed by atoms with Crippen LogP contribution in [0.3, 0.4) is 0 Å². The number of hydrogen-bond donors (Lipinski definition) is 1. The zero-order valence-electron chi connectivity index (χ0n) is 13.6. The van der Waals surface area contributed by atoms with Crippen molar-refractivity contribution in [3.8, 4) is 0 Å². The Hall–Kier alpha value is -1.80. The van der Waals surface area contributed by atoms with E-state index in [0.29, 0.717) is 29.8 Å². The maximum atomic E-state index is 11.7. The van der Waals surface area contributed by atoms with Gasteiger partial charge in [0.25, 0.3) is 0 Å². The number of hydrogen-bond acceptors (Lipinski definition) is 6. The van der Waals surface area contributed by atoms with Gasteiger partial charge in [0.1, 0.15) is 0 Å². The molecule has 2 rings (SSSR count). The van der Waals surface area contributed by atoms with Gasteiger partial charge in [-0.15, -0.1) is 0 Å². The average molecular weight is 390 g/mol. The fourth-order valence-electron chi connectivity index (χ4n) is 2.32. The summed E-state index contributed by atoms with van der Waals surface area (Å²) in [5, 5.41) is 3.08. The van der Waals surface area contributed by atoms with Crippen molar-refractivity contribution in [3.63, 3.8) is 0 Å². The van der Waals surface area contributed by atoms with Crippen molar-refractivity contribution in [2.24, 2.45) is 0 Å². The molecule has 1 aromatic rings. The lowest BCUT2D eigenvalue weighted by molar-refractivity contribution is 0.0489. The molecule has 0 saturated carbocycles. The van der Waals surface area contributed by atoms with Crippen LogP contribution in [0.15, 0.2) is 24.3 Å². The molecular formula is C16H20ClNO6S. The van der Waals surface area contributed by atoms with Crippen molar-refractivity contribution in [1.82, 2.24) is 5.32 Å². The summed E-state index contributed by atoms with van der Waals surface area (Å²) in [4.78, 5) is 23.3. The van der Waals surface area contributed by atoms with E-state index < -0.39 is 21.9 Å². The zero-order valence-corrected chi connectivity index (χ0v) is 15.1. The Balaban J connectivity index is 1.54. The number of amides is 1. The molecule has 9 heteroatoms. The van der Waals surface area contributed by atoms with Gasteiger partial charge in [-0.05, 0) is 43.5 Å². The van der Waals surface area contributed by atoms with Gasteiger partial charge in [0.05, 0.1) is 30.3 Å². The minimum Gasteiger partial charge on any atom is -0.462 e. The van der Waals surface area contributed by atoms with E-state index >= 15 is 0 Å². The van der Waals surface area contributed by atoms with Crippen LogP contribution in [0.5, 0.6) is 0 Å². The summed E-state index contributed by atoms with van der Waals surface area (Å²) in [6, 6.07) is 6.01. The van der Waals surface area contributed by atoms with Gasteiger partial charge in [0, 0.05) is 11.1 Å². The van der Waals surface area contributed by atoms with Crippen LogP contribution in [-0.4, -0.2) is 51.2 Å². The highest BCUT2D eigenvalue weighted by Gasteiger charge is 2.29. The van der Waals surface area contributed by atoms with Crippen molar-refractivity contribution in [1.29, 1.82) is 0 Å². The molecule has 25 heavy (non-hydrogen) atoms. The Bertz CT molecular complexity index is 704. The Morgan fingerprint density at radius 1 is 1.12 bits per heavy atom. The molecule has 138 valence electrons. The Morgan fingerprint density at radius 2 is 1.76 bits per heavy atom. The predicted octanol–water partition coefficient (Wildman–Crippen LogP) is 2.19. The Morgan fingerprint density at radius 3 is 2.36 bits per heavy atom. The van der Waals surface area contributed by atoms with E-state index in [2.05, 4.69) is 5.32 Å². The van der Waals surface area contributed by atoms with E-state index in [9.17, 15) is 18.0 Å². The van der Waals surface area contributed by atoms with Crippen molar-refractivity contribution in [3.05, 3.63) is 34.9 Å². The number of ether oxygens (including phenoxy) is 2. The smallest absolute Gasteiger partial charge is 0.407 e. The van der Waals surface area contributed by atoms with Gasteiger partial charge in [-0.3, -0.25) is 0 Å². The number of benzene rings is 1. The van der Waals surface area contributed by atoms with Crippen LogP contribution < -0.4 is 5.32 Å². The highest BCUT2D eigenvalue weighted by Crippen LogP contribution is 2.12. The van der Waals surface area contributed by atoms with E-state index in [1.165, 1.54) is 0 Å². The van der Waals surface area contributed by atoms with Crippen LogP contribution >= 0.6 is 11.6 Å². The number of alkyl carbamates (subject to hydrolysis) is 1. The van der Waals surface area contributed by atoms with Crippen molar-refractivity contribution >= 4 is 33.5 Å². The van der Waals surface area contributed by atoms with Crippen LogP contribution in [0.25, 0.3) is 0 Å². The molecule has 0 bridgehead atoms. The van der Waals surface area contributed by atoms with Crippen LogP contribution in [0.2, 0.25) is 5.02 Å². The van der Waals surface area contributed by atoms with E-state index in [-0.39, 0.29) is 30.8 Å². The Labute approximate surface area is 151 Å². The number of carbonyl (C=O) groups is 2. The number of rotatable bonds is 7. The molecular weight excluding hydrogens is 370 g/mol. The van der Waals surface area contributed by atoms with Crippen molar-refractivity contribution < 1.29 is 27.5 Å². The first-order valence-electron chi connectivity index (χ1n) is 7.92. The zero-order chi connectivity index (χ0) is 18.3. The standard InChI is InChI=1S/C16H20ClNO6S/c17-13-5-3-12(4-6-13)15(19)23-8-1-2-9-24-16(20)18-14-7-10-25(21,22)11-14/h3-6,14H,1-2,7-11H2,(H,18,20). The summed E-state index contributed by atoms with van der Waals surface area (Å²) >= 11 is 5.74. The summed E-state index contributed by atoms with van der Waals surface area (Å²) in [5.41, 5.74) is 0.423. The molecule has 1 heterocycles. The second-order valence-corrected chi connectivity index (χ2v) is 8.40. The van der Waals surface area contributed by atoms with Crippen molar-refractivity contribution in [2.75, 3.05) is 24.7 Å². The quantitative estimate of drug-likeness (QED) is 0.567. The SMILES string of the molecule is O=C(NC1CCS(=O)(=O)C1)OCCCCOC(=O)c1ccc(Cl)cc1. The number of unbranched alkanes of at least 4 members (excludes halogenated alkanes) is 1. The molecule has 1 atom stereocenters. The molecule has 0 aliphatic carbocycles. The summed E-state index contributed by atoms with van der Waals surface area (Å²) < 4.78 is 32.7. The third kappa shape index (κ3) is 6.91. The fraction of sp³-hybridized carbons (Fsp3) is 0.500.